The highest BCUT2D eigenvalue weighted by Gasteiger charge is 2.43. The second-order valence-electron chi connectivity index (χ2n) is 7.01. The number of aromatic nitrogens is 1. The maximum atomic E-state index is 13.0. The molecule has 24 heavy (non-hydrogen) atoms. The van der Waals surface area contributed by atoms with Crippen LogP contribution in [0.25, 0.3) is 0 Å². The van der Waals surface area contributed by atoms with Crippen LogP contribution < -0.4 is 0 Å². The molecule has 1 unspecified atom stereocenters. The molecule has 1 atom stereocenters. The molecule has 1 aromatic heterocycles. The highest BCUT2D eigenvalue weighted by Crippen LogP contribution is 2.35. The first-order valence-electron chi connectivity index (χ1n) is 8.76. The fraction of sp³-hybridized carbons (Fsp3) is 0.765. The summed E-state index contributed by atoms with van der Waals surface area (Å²) < 4.78 is 16.7. The summed E-state index contributed by atoms with van der Waals surface area (Å²) in [5.41, 5.74) is 0.165. The van der Waals surface area contributed by atoms with Crippen molar-refractivity contribution >= 4 is 5.91 Å². The van der Waals surface area contributed by atoms with Crippen molar-refractivity contribution in [3.63, 3.8) is 0 Å². The van der Waals surface area contributed by atoms with Gasteiger partial charge in [0.15, 0.2) is 5.89 Å². The number of oxazole rings is 1. The number of rotatable bonds is 3. The van der Waals surface area contributed by atoms with Gasteiger partial charge in [0, 0.05) is 32.8 Å². The number of amides is 1. The summed E-state index contributed by atoms with van der Waals surface area (Å²) in [6.45, 7) is 3.43. The number of carbonyl (C=O) groups is 1. The van der Waals surface area contributed by atoms with Crippen molar-refractivity contribution < 1.29 is 23.8 Å². The molecule has 0 spiro atoms. The van der Waals surface area contributed by atoms with Crippen molar-refractivity contribution in [2.45, 2.75) is 38.1 Å². The number of ether oxygens (including phenoxy) is 2. The fourth-order valence-corrected chi connectivity index (χ4v) is 3.83. The minimum atomic E-state index is -0.693. The van der Waals surface area contributed by atoms with Crippen molar-refractivity contribution in [2.75, 3.05) is 39.6 Å². The van der Waals surface area contributed by atoms with E-state index in [0.29, 0.717) is 52.2 Å². The number of hydrogen-bond donors (Lipinski definition) is 1. The largest absolute Gasteiger partial charge is 0.445 e. The average molecular weight is 336 g/mol. The molecule has 0 aromatic carbocycles. The van der Waals surface area contributed by atoms with Crippen LogP contribution in [0, 0.1) is 5.41 Å². The second kappa shape index (κ2) is 6.46. The minimum Gasteiger partial charge on any atom is -0.445 e. The van der Waals surface area contributed by atoms with Crippen LogP contribution in [-0.4, -0.2) is 60.5 Å². The Morgan fingerprint density at radius 2 is 2.12 bits per heavy atom. The first kappa shape index (κ1) is 16.1. The summed E-state index contributed by atoms with van der Waals surface area (Å²) >= 11 is 0. The summed E-state index contributed by atoms with van der Waals surface area (Å²) in [7, 11) is 0. The van der Waals surface area contributed by atoms with E-state index in [1.165, 1.54) is 0 Å². The number of hydrogen-bond acceptors (Lipinski definition) is 6. The number of carbonyl (C=O) groups excluding carboxylic acids is 1. The predicted octanol–water partition coefficient (Wildman–Crippen LogP) is 0.852. The van der Waals surface area contributed by atoms with E-state index < -0.39 is 5.41 Å². The SMILES string of the molecule is O=C(N1CCc2oc(C3CCOC3)nc2C1)C1(CO)CCOCC1. The third-order valence-corrected chi connectivity index (χ3v) is 5.52. The van der Waals surface area contributed by atoms with Crippen molar-refractivity contribution in [1.82, 2.24) is 9.88 Å². The molecular weight excluding hydrogens is 312 g/mol. The Morgan fingerprint density at radius 3 is 2.83 bits per heavy atom. The highest BCUT2D eigenvalue weighted by molar-refractivity contribution is 5.83. The Bertz CT molecular complexity index is 602. The molecule has 1 N–H and O–H groups in total. The summed E-state index contributed by atoms with van der Waals surface area (Å²) in [6, 6.07) is 0. The van der Waals surface area contributed by atoms with E-state index in [1.807, 2.05) is 4.90 Å². The molecule has 2 saturated heterocycles. The molecule has 0 saturated carbocycles. The molecule has 0 radical (unpaired) electrons. The Morgan fingerprint density at radius 1 is 1.29 bits per heavy atom. The Hall–Kier alpha value is -1.44. The van der Waals surface area contributed by atoms with Crippen molar-refractivity contribution in [3.05, 3.63) is 17.3 Å². The van der Waals surface area contributed by atoms with Gasteiger partial charge >= 0.3 is 0 Å². The molecule has 7 nitrogen and oxygen atoms in total. The van der Waals surface area contributed by atoms with E-state index >= 15 is 0 Å². The third kappa shape index (κ3) is 2.74. The van der Waals surface area contributed by atoms with E-state index in [0.717, 1.165) is 30.4 Å². The van der Waals surface area contributed by atoms with Crippen molar-refractivity contribution in [1.29, 1.82) is 0 Å². The topological polar surface area (TPSA) is 85.0 Å². The maximum Gasteiger partial charge on any atom is 0.231 e. The summed E-state index contributed by atoms with van der Waals surface area (Å²) in [6.07, 6.45) is 2.78. The fourth-order valence-electron chi connectivity index (χ4n) is 3.83. The van der Waals surface area contributed by atoms with E-state index in [9.17, 15) is 9.90 Å². The van der Waals surface area contributed by atoms with E-state index in [1.54, 1.807) is 0 Å². The number of nitrogens with zero attached hydrogens (tertiary/aromatic N) is 2. The standard InChI is InChI=1S/C17H24N2O5/c20-11-17(3-7-22-8-4-17)16(21)19-5-1-14-13(9-19)18-15(24-14)12-2-6-23-10-12/h12,20H,1-11H2. The van der Waals surface area contributed by atoms with Gasteiger partial charge in [0.2, 0.25) is 5.91 Å². The van der Waals surface area contributed by atoms with Gasteiger partial charge in [-0.2, -0.15) is 0 Å². The van der Waals surface area contributed by atoms with Gasteiger partial charge in [-0.25, -0.2) is 4.98 Å². The Labute approximate surface area is 140 Å². The van der Waals surface area contributed by atoms with Crippen LogP contribution >= 0.6 is 0 Å². The minimum absolute atomic E-state index is 0.0210. The smallest absolute Gasteiger partial charge is 0.231 e. The zero-order valence-electron chi connectivity index (χ0n) is 13.8. The van der Waals surface area contributed by atoms with Gasteiger partial charge in [-0.1, -0.05) is 0 Å². The molecule has 0 aliphatic carbocycles. The molecule has 132 valence electrons. The molecule has 1 amide bonds. The molecule has 4 heterocycles. The summed E-state index contributed by atoms with van der Waals surface area (Å²) in [5, 5.41) is 9.83. The lowest BCUT2D eigenvalue weighted by Gasteiger charge is -2.39. The van der Waals surface area contributed by atoms with E-state index in [2.05, 4.69) is 4.98 Å². The van der Waals surface area contributed by atoms with E-state index in [-0.39, 0.29) is 18.4 Å². The third-order valence-electron chi connectivity index (χ3n) is 5.52. The van der Waals surface area contributed by atoms with Crippen LogP contribution in [0.2, 0.25) is 0 Å². The Balaban J connectivity index is 1.50. The van der Waals surface area contributed by atoms with Crippen LogP contribution in [0.1, 0.15) is 42.5 Å². The summed E-state index contributed by atoms with van der Waals surface area (Å²) in [5.74, 6) is 1.90. The van der Waals surface area contributed by atoms with Crippen molar-refractivity contribution in [3.8, 4) is 0 Å². The average Bonchev–Trinajstić information content (AvgIpc) is 3.30. The first-order valence-corrected chi connectivity index (χ1v) is 8.76. The van der Waals surface area contributed by atoms with Crippen LogP contribution in [0.15, 0.2) is 4.42 Å². The monoisotopic (exact) mass is 336 g/mol. The lowest BCUT2D eigenvalue weighted by molar-refractivity contribution is -0.152. The normalized spacial score (nSPS) is 26.4. The zero-order valence-corrected chi connectivity index (χ0v) is 13.8. The van der Waals surface area contributed by atoms with E-state index in [4.69, 9.17) is 13.9 Å². The van der Waals surface area contributed by atoms with Gasteiger partial charge in [-0.15, -0.1) is 0 Å². The van der Waals surface area contributed by atoms with Gasteiger partial charge < -0.3 is 23.9 Å². The van der Waals surface area contributed by atoms with Gasteiger partial charge in [0.1, 0.15) is 11.5 Å². The van der Waals surface area contributed by atoms with Crippen molar-refractivity contribution in [2.24, 2.45) is 5.41 Å². The molecule has 7 heteroatoms. The molecule has 1 aromatic rings. The predicted molar refractivity (Wildman–Crippen MR) is 83.4 cm³/mol. The zero-order chi connectivity index (χ0) is 16.6. The number of aliphatic hydroxyl groups excluding tert-OH is 1. The van der Waals surface area contributed by atoms with Gasteiger partial charge in [-0.3, -0.25) is 4.79 Å². The molecule has 2 fully saturated rings. The van der Waals surface area contributed by atoms with Gasteiger partial charge in [0.25, 0.3) is 0 Å². The lowest BCUT2D eigenvalue weighted by Crippen LogP contribution is -2.50. The lowest BCUT2D eigenvalue weighted by atomic mass is 9.79. The van der Waals surface area contributed by atoms with Gasteiger partial charge in [0.05, 0.1) is 31.1 Å². The molecular formula is C17H24N2O5. The first-order chi connectivity index (χ1) is 11.7. The molecule has 3 aliphatic heterocycles. The highest BCUT2D eigenvalue weighted by atomic mass is 16.5. The molecule has 0 bridgehead atoms. The Kier molecular flexibility index (Phi) is 4.32. The number of fused-ring (bicyclic) bond motifs is 1. The van der Waals surface area contributed by atoms with Crippen LogP contribution in [0.5, 0.6) is 0 Å². The second-order valence-corrected chi connectivity index (χ2v) is 7.01. The summed E-state index contributed by atoms with van der Waals surface area (Å²) in [4.78, 5) is 19.5. The molecule has 3 aliphatic rings. The maximum absolute atomic E-state index is 13.0. The molecule has 4 rings (SSSR count). The van der Waals surface area contributed by atoms with Crippen LogP contribution in [0.4, 0.5) is 0 Å². The van der Waals surface area contributed by atoms with Gasteiger partial charge in [-0.05, 0) is 19.3 Å². The number of aliphatic hydroxyl groups is 1. The van der Waals surface area contributed by atoms with Crippen LogP contribution in [-0.2, 0) is 27.2 Å². The quantitative estimate of drug-likeness (QED) is 0.881. The van der Waals surface area contributed by atoms with Crippen LogP contribution in [0.3, 0.4) is 0 Å².